The maximum Gasteiger partial charge on any atom is 0.417 e. The Hall–Kier alpha value is -0.900. The van der Waals surface area contributed by atoms with Crippen LogP contribution in [-0.2, 0) is 6.18 Å². The predicted octanol–water partition coefficient (Wildman–Crippen LogP) is 3.40. The first kappa shape index (κ1) is 10.2. The third-order valence-electron chi connectivity index (χ3n) is 1.56. The molecule has 0 fully saturated rings. The van der Waals surface area contributed by atoms with E-state index in [1.807, 2.05) is 0 Å². The molecular formula is C8H7ClF3N. The minimum atomic E-state index is -4.39. The molecule has 0 unspecified atom stereocenters. The van der Waals surface area contributed by atoms with Crippen molar-refractivity contribution in [2.24, 2.45) is 0 Å². The van der Waals surface area contributed by atoms with E-state index in [1.165, 1.54) is 12.1 Å². The van der Waals surface area contributed by atoms with Crippen LogP contribution in [0.15, 0.2) is 18.2 Å². The smallest absolute Gasteiger partial charge is 0.388 e. The van der Waals surface area contributed by atoms with Crippen LogP contribution in [0.1, 0.15) is 5.56 Å². The maximum absolute atomic E-state index is 12.2. The summed E-state index contributed by atoms with van der Waals surface area (Å²) < 4.78 is 36.5. The zero-order chi connectivity index (χ0) is 10.1. The van der Waals surface area contributed by atoms with Gasteiger partial charge < -0.3 is 5.32 Å². The van der Waals surface area contributed by atoms with Gasteiger partial charge in [-0.3, -0.25) is 0 Å². The highest BCUT2D eigenvalue weighted by Gasteiger charge is 2.32. The van der Waals surface area contributed by atoms with E-state index in [-0.39, 0.29) is 5.02 Å². The van der Waals surface area contributed by atoms with Crippen molar-refractivity contribution in [2.45, 2.75) is 6.18 Å². The van der Waals surface area contributed by atoms with Gasteiger partial charge in [0.15, 0.2) is 0 Å². The summed E-state index contributed by atoms with van der Waals surface area (Å²) in [7, 11) is 1.61. The molecule has 5 heteroatoms. The summed E-state index contributed by atoms with van der Waals surface area (Å²) in [6.07, 6.45) is -4.39. The van der Waals surface area contributed by atoms with E-state index in [2.05, 4.69) is 5.32 Å². The molecule has 1 nitrogen and oxygen atoms in total. The van der Waals surface area contributed by atoms with E-state index < -0.39 is 11.7 Å². The van der Waals surface area contributed by atoms with Gasteiger partial charge in [0, 0.05) is 12.7 Å². The largest absolute Gasteiger partial charge is 0.417 e. The van der Waals surface area contributed by atoms with E-state index in [0.29, 0.717) is 5.69 Å². The summed E-state index contributed by atoms with van der Waals surface area (Å²) in [4.78, 5) is 0. The minimum absolute atomic E-state index is 0.292. The van der Waals surface area contributed by atoms with E-state index in [0.717, 1.165) is 6.07 Å². The molecule has 0 aliphatic carbocycles. The molecule has 0 aromatic heterocycles. The highest BCUT2D eigenvalue weighted by molar-refractivity contribution is 6.31. The minimum Gasteiger partial charge on any atom is -0.388 e. The predicted molar refractivity (Wildman–Crippen MR) is 46.0 cm³/mol. The van der Waals surface area contributed by atoms with Crippen LogP contribution in [0.5, 0.6) is 0 Å². The monoisotopic (exact) mass is 209 g/mol. The Morgan fingerprint density at radius 3 is 2.31 bits per heavy atom. The molecule has 0 aliphatic rings. The molecule has 0 bridgehead atoms. The molecule has 72 valence electrons. The van der Waals surface area contributed by atoms with Gasteiger partial charge in [-0.15, -0.1) is 0 Å². The Bertz CT molecular complexity index is 309. The van der Waals surface area contributed by atoms with E-state index in [9.17, 15) is 13.2 Å². The van der Waals surface area contributed by atoms with Crippen LogP contribution in [-0.4, -0.2) is 7.05 Å². The third kappa shape index (κ3) is 2.28. The average Bonchev–Trinajstić information content (AvgIpc) is 2.01. The zero-order valence-corrected chi connectivity index (χ0v) is 7.50. The highest BCUT2D eigenvalue weighted by Crippen LogP contribution is 2.35. The third-order valence-corrected chi connectivity index (χ3v) is 1.88. The van der Waals surface area contributed by atoms with Crippen LogP contribution in [0.4, 0.5) is 18.9 Å². The van der Waals surface area contributed by atoms with Crippen LogP contribution in [0.3, 0.4) is 0 Å². The Morgan fingerprint density at radius 2 is 1.92 bits per heavy atom. The van der Waals surface area contributed by atoms with Crippen molar-refractivity contribution >= 4 is 17.3 Å². The molecule has 13 heavy (non-hydrogen) atoms. The molecule has 0 radical (unpaired) electrons. The van der Waals surface area contributed by atoms with E-state index >= 15 is 0 Å². The van der Waals surface area contributed by atoms with Crippen LogP contribution in [0, 0.1) is 0 Å². The molecule has 1 rings (SSSR count). The number of benzene rings is 1. The lowest BCUT2D eigenvalue weighted by molar-refractivity contribution is -0.137. The van der Waals surface area contributed by atoms with Gasteiger partial charge in [0.25, 0.3) is 0 Å². The van der Waals surface area contributed by atoms with Gasteiger partial charge in [0.1, 0.15) is 0 Å². The number of rotatable bonds is 1. The molecule has 1 aromatic rings. The van der Waals surface area contributed by atoms with Crippen molar-refractivity contribution in [3.63, 3.8) is 0 Å². The van der Waals surface area contributed by atoms with Crippen molar-refractivity contribution in [3.8, 4) is 0 Å². The van der Waals surface area contributed by atoms with Gasteiger partial charge in [0.2, 0.25) is 0 Å². The van der Waals surface area contributed by atoms with Crippen molar-refractivity contribution in [3.05, 3.63) is 28.8 Å². The lowest BCUT2D eigenvalue weighted by Crippen LogP contribution is -2.05. The summed E-state index contributed by atoms with van der Waals surface area (Å²) in [6, 6.07) is 3.52. The zero-order valence-electron chi connectivity index (χ0n) is 6.74. The van der Waals surface area contributed by atoms with Gasteiger partial charge >= 0.3 is 6.18 Å². The number of nitrogens with one attached hydrogen (secondary N) is 1. The quantitative estimate of drug-likeness (QED) is 0.748. The van der Waals surface area contributed by atoms with Crippen molar-refractivity contribution < 1.29 is 13.2 Å². The fourth-order valence-electron chi connectivity index (χ4n) is 0.901. The standard InChI is InChI=1S/C8H7ClF3N/c1-13-5-2-3-6(7(9)4-5)8(10,11)12/h2-4,13H,1H3. The topological polar surface area (TPSA) is 12.0 Å². The van der Waals surface area contributed by atoms with Gasteiger partial charge in [-0.2, -0.15) is 13.2 Å². The summed E-state index contributed by atoms with van der Waals surface area (Å²) in [5.41, 5.74) is -0.258. The maximum atomic E-state index is 12.2. The number of alkyl halides is 3. The average molecular weight is 210 g/mol. The van der Waals surface area contributed by atoms with E-state index in [4.69, 9.17) is 11.6 Å². The van der Waals surface area contributed by atoms with E-state index in [1.54, 1.807) is 7.05 Å². The van der Waals surface area contributed by atoms with Gasteiger partial charge in [-0.05, 0) is 18.2 Å². The Morgan fingerprint density at radius 1 is 1.31 bits per heavy atom. The number of anilines is 1. The molecule has 1 aromatic carbocycles. The molecule has 0 heterocycles. The Balaban J connectivity index is 3.13. The van der Waals surface area contributed by atoms with Gasteiger partial charge in [0.05, 0.1) is 10.6 Å². The first-order chi connectivity index (χ1) is 5.95. The second-order valence-electron chi connectivity index (χ2n) is 2.44. The molecule has 1 N–H and O–H groups in total. The highest BCUT2D eigenvalue weighted by atomic mass is 35.5. The van der Waals surface area contributed by atoms with Gasteiger partial charge in [-0.25, -0.2) is 0 Å². The summed E-state index contributed by atoms with van der Waals surface area (Å²) in [5.74, 6) is 0. The first-order valence-corrected chi connectivity index (χ1v) is 3.87. The summed E-state index contributed by atoms with van der Waals surface area (Å²) in [5, 5.41) is 2.40. The normalized spacial score (nSPS) is 11.5. The Kier molecular flexibility index (Phi) is 2.71. The molecule has 0 saturated heterocycles. The lowest BCUT2D eigenvalue weighted by Gasteiger charge is -2.09. The van der Waals surface area contributed by atoms with Crippen LogP contribution < -0.4 is 5.32 Å². The molecule has 0 amide bonds. The van der Waals surface area contributed by atoms with Crippen molar-refractivity contribution in [2.75, 3.05) is 12.4 Å². The summed E-state index contributed by atoms with van der Waals surface area (Å²) >= 11 is 5.43. The fraction of sp³-hybridized carbons (Fsp3) is 0.250. The van der Waals surface area contributed by atoms with Crippen molar-refractivity contribution in [1.82, 2.24) is 0 Å². The lowest BCUT2D eigenvalue weighted by atomic mass is 10.2. The Labute approximate surface area is 78.5 Å². The number of halogens is 4. The van der Waals surface area contributed by atoms with Crippen LogP contribution >= 0.6 is 11.6 Å². The molecule has 0 spiro atoms. The van der Waals surface area contributed by atoms with Gasteiger partial charge in [-0.1, -0.05) is 11.6 Å². The second kappa shape index (κ2) is 3.46. The number of hydrogen-bond donors (Lipinski definition) is 1. The number of hydrogen-bond acceptors (Lipinski definition) is 1. The van der Waals surface area contributed by atoms with Crippen molar-refractivity contribution in [1.29, 1.82) is 0 Å². The molecule has 0 atom stereocenters. The van der Waals surface area contributed by atoms with Crippen LogP contribution in [0.2, 0.25) is 5.02 Å². The van der Waals surface area contributed by atoms with Crippen LogP contribution in [0.25, 0.3) is 0 Å². The first-order valence-electron chi connectivity index (χ1n) is 3.49. The molecular weight excluding hydrogens is 203 g/mol. The molecule has 0 saturated carbocycles. The SMILES string of the molecule is CNc1ccc(C(F)(F)F)c(Cl)c1. The second-order valence-corrected chi connectivity index (χ2v) is 2.85. The summed E-state index contributed by atoms with van der Waals surface area (Å²) in [6.45, 7) is 0. The fourth-order valence-corrected chi connectivity index (χ4v) is 1.19. The molecule has 0 aliphatic heterocycles.